The number of amides is 1. The highest BCUT2D eigenvalue weighted by Gasteiger charge is 2.20. The number of aromatic amines is 1. The number of rotatable bonds is 5. The molecule has 0 aliphatic carbocycles. The molecule has 0 unspecified atom stereocenters. The van der Waals surface area contributed by atoms with Crippen LogP contribution in [-0.2, 0) is 0 Å². The minimum absolute atomic E-state index is 0.0792. The molecule has 0 bridgehead atoms. The van der Waals surface area contributed by atoms with Crippen LogP contribution in [0.3, 0.4) is 0 Å². The van der Waals surface area contributed by atoms with Crippen molar-refractivity contribution in [2.75, 3.05) is 13.3 Å². The lowest BCUT2D eigenvalue weighted by atomic mass is 10.1. The van der Waals surface area contributed by atoms with Crippen LogP contribution in [0.15, 0.2) is 78.9 Å². The van der Waals surface area contributed by atoms with Crippen LogP contribution in [0, 0.1) is 0 Å². The first-order valence-electron chi connectivity index (χ1n) is 11.0. The second-order valence-corrected chi connectivity index (χ2v) is 8.15. The van der Waals surface area contributed by atoms with Gasteiger partial charge >= 0.3 is 0 Å². The van der Waals surface area contributed by atoms with E-state index < -0.39 is 6.10 Å². The van der Waals surface area contributed by atoms with Crippen molar-refractivity contribution >= 4 is 27.7 Å². The van der Waals surface area contributed by atoms with E-state index in [-0.39, 0.29) is 24.9 Å². The van der Waals surface area contributed by atoms with E-state index in [1.54, 1.807) is 6.07 Å². The number of benzene rings is 3. The summed E-state index contributed by atoms with van der Waals surface area (Å²) in [4.78, 5) is 21.3. The van der Waals surface area contributed by atoms with Crippen molar-refractivity contribution in [1.82, 2.24) is 15.3 Å². The highest BCUT2D eigenvalue weighted by Crippen LogP contribution is 2.38. The standard InChI is InChI=1S/C27H21N3O4/c31-22(16-6-2-1-3-7-16)14-28-27(32)21-13-19-18-8-4-5-9-20(18)29-26(19)25(30-21)17-10-11-23-24(12-17)34-15-33-23/h1-13,22,29,31H,14-15H2,(H,28,32)/t22-/m0/s1. The van der Waals surface area contributed by atoms with Gasteiger partial charge in [-0.3, -0.25) is 4.79 Å². The molecule has 3 N–H and O–H groups in total. The number of carbonyl (C=O) groups is 1. The van der Waals surface area contributed by atoms with Gasteiger partial charge in [-0.2, -0.15) is 0 Å². The molecule has 0 saturated carbocycles. The highest BCUT2D eigenvalue weighted by atomic mass is 16.7. The predicted octanol–water partition coefficient (Wildman–Crippen LogP) is 4.58. The van der Waals surface area contributed by atoms with Crippen molar-refractivity contribution in [2.45, 2.75) is 6.10 Å². The number of para-hydroxylation sites is 1. The van der Waals surface area contributed by atoms with E-state index in [0.717, 1.165) is 32.9 Å². The molecule has 0 radical (unpaired) electrons. The second kappa shape index (κ2) is 8.20. The largest absolute Gasteiger partial charge is 0.454 e. The number of carbonyl (C=O) groups excluding carboxylic acids is 1. The Bertz CT molecular complexity index is 1530. The maximum Gasteiger partial charge on any atom is 0.270 e. The van der Waals surface area contributed by atoms with E-state index in [1.165, 1.54) is 0 Å². The van der Waals surface area contributed by atoms with Crippen LogP contribution in [0.25, 0.3) is 33.1 Å². The monoisotopic (exact) mass is 451 g/mol. The molecule has 0 fully saturated rings. The number of hydrogen-bond donors (Lipinski definition) is 3. The molecule has 3 heterocycles. The zero-order valence-corrected chi connectivity index (χ0v) is 18.1. The highest BCUT2D eigenvalue weighted by molar-refractivity contribution is 6.13. The molecule has 34 heavy (non-hydrogen) atoms. The summed E-state index contributed by atoms with van der Waals surface area (Å²) in [6.07, 6.45) is -0.810. The van der Waals surface area contributed by atoms with E-state index in [9.17, 15) is 9.90 Å². The Labute approximate surface area is 195 Å². The molecule has 1 aliphatic rings. The molecule has 1 amide bonds. The van der Waals surface area contributed by atoms with Crippen molar-refractivity contribution in [3.63, 3.8) is 0 Å². The Kier molecular flexibility index (Phi) is 4.89. The van der Waals surface area contributed by atoms with Gasteiger partial charge in [-0.25, -0.2) is 4.98 Å². The topological polar surface area (TPSA) is 96.5 Å². The summed E-state index contributed by atoms with van der Waals surface area (Å²) in [5.74, 6) is 0.967. The predicted molar refractivity (Wildman–Crippen MR) is 129 cm³/mol. The molecule has 2 aromatic heterocycles. The first-order chi connectivity index (χ1) is 16.7. The third-order valence-electron chi connectivity index (χ3n) is 6.02. The lowest BCUT2D eigenvalue weighted by Crippen LogP contribution is -2.29. The Morgan fingerprint density at radius 2 is 1.76 bits per heavy atom. The van der Waals surface area contributed by atoms with Crippen molar-refractivity contribution in [3.8, 4) is 22.8 Å². The summed E-state index contributed by atoms with van der Waals surface area (Å²) in [5, 5.41) is 15.2. The molecule has 5 aromatic rings. The van der Waals surface area contributed by atoms with E-state index in [2.05, 4.69) is 10.3 Å². The van der Waals surface area contributed by atoms with E-state index >= 15 is 0 Å². The van der Waals surface area contributed by atoms with Crippen LogP contribution in [0.5, 0.6) is 11.5 Å². The SMILES string of the molecule is O=C(NC[C@H](O)c1ccccc1)c1cc2c([nH]c3ccccc32)c(-c2ccc3c(c2)OCO3)n1. The van der Waals surface area contributed by atoms with E-state index in [4.69, 9.17) is 14.5 Å². The summed E-state index contributed by atoms with van der Waals surface area (Å²) < 4.78 is 11.0. The first kappa shape index (κ1) is 20.3. The summed E-state index contributed by atoms with van der Waals surface area (Å²) in [7, 11) is 0. The number of hydrogen-bond acceptors (Lipinski definition) is 5. The Hall–Kier alpha value is -4.36. The van der Waals surface area contributed by atoms with Gasteiger partial charge in [0, 0.05) is 28.4 Å². The van der Waals surface area contributed by atoms with Gasteiger partial charge in [-0.1, -0.05) is 48.5 Å². The van der Waals surface area contributed by atoms with Gasteiger partial charge in [0.15, 0.2) is 11.5 Å². The molecule has 6 rings (SSSR count). The third kappa shape index (κ3) is 3.52. The minimum atomic E-state index is -0.810. The minimum Gasteiger partial charge on any atom is -0.454 e. The van der Waals surface area contributed by atoms with E-state index in [1.807, 2.05) is 72.8 Å². The smallest absolute Gasteiger partial charge is 0.270 e. The number of nitrogens with one attached hydrogen (secondary N) is 2. The number of aliphatic hydroxyl groups is 1. The van der Waals surface area contributed by atoms with Gasteiger partial charge in [0.05, 0.1) is 17.3 Å². The van der Waals surface area contributed by atoms with Crippen LogP contribution in [0.1, 0.15) is 22.2 Å². The molecule has 1 atom stereocenters. The van der Waals surface area contributed by atoms with Gasteiger partial charge in [-0.15, -0.1) is 0 Å². The van der Waals surface area contributed by atoms with Gasteiger partial charge in [0.1, 0.15) is 5.69 Å². The van der Waals surface area contributed by atoms with Crippen LogP contribution in [0.2, 0.25) is 0 Å². The number of fused-ring (bicyclic) bond motifs is 4. The number of pyridine rings is 1. The summed E-state index contributed by atoms with van der Waals surface area (Å²) in [6.45, 7) is 0.260. The maximum absolute atomic E-state index is 13.1. The number of H-pyrrole nitrogens is 1. The van der Waals surface area contributed by atoms with E-state index in [0.29, 0.717) is 17.2 Å². The Morgan fingerprint density at radius 3 is 2.65 bits per heavy atom. The average molecular weight is 451 g/mol. The molecule has 168 valence electrons. The van der Waals surface area contributed by atoms with Gasteiger partial charge < -0.3 is 24.9 Å². The van der Waals surface area contributed by atoms with Gasteiger partial charge in [-0.05, 0) is 35.9 Å². The second-order valence-electron chi connectivity index (χ2n) is 8.15. The number of ether oxygens (including phenoxy) is 2. The zero-order valence-electron chi connectivity index (χ0n) is 18.1. The third-order valence-corrected chi connectivity index (χ3v) is 6.02. The van der Waals surface area contributed by atoms with Crippen LogP contribution in [0.4, 0.5) is 0 Å². The fourth-order valence-electron chi connectivity index (χ4n) is 4.29. The Balaban J connectivity index is 1.41. The van der Waals surface area contributed by atoms with Crippen LogP contribution >= 0.6 is 0 Å². The lowest BCUT2D eigenvalue weighted by Gasteiger charge is -2.13. The number of aliphatic hydroxyl groups excluding tert-OH is 1. The maximum atomic E-state index is 13.1. The number of nitrogens with zero attached hydrogens (tertiary/aromatic N) is 1. The van der Waals surface area contributed by atoms with Gasteiger partial charge in [0.25, 0.3) is 5.91 Å². The van der Waals surface area contributed by atoms with Gasteiger partial charge in [0.2, 0.25) is 6.79 Å². The van der Waals surface area contributed by atoms with Crippen molar-refractivity contribution in [3.05, 3.63) is 90.1 Å². The van der Waals surface area contributed by atoms with Crippen LogP contribution in [-0.4, -0.2) is 34.3 Å². The molecule has 7 nitrogen and oxygen atoms in total. The molecule has 7 heteroatoms. The molecule has 0 saturated heterocycles. The molecular weight excluding hydrogens is 430 g/mol. The molecule has 0 spiro atoms. The molecule has 3 aromatic carbocycles. The quantitative estimate of drug-likeness (QED) is 0.364. The number of aromatic nitrogens is 2. The fourth-order valence-corrected chi connectivity index (χ4v) is 4.29. The fraction of sp³-hybridized carbons (Fsp3) is 0.111. The molecular formula is C27H21N3O4. The average Bonchev–Trinajstić information content (AvgIpc) is 3.51. The summed E-state index contributed by atoms with van der Waals surface area (Å²) >= 11 is 0. The lowest BCUT2D eigenvalue weighted by molar-refractivity contribution is 0.0911. The van der Waals surface area contributed by atoms with Crippen molar-refractivity contribution < 1.29 is 19.4 Å². The van der Waals surface area contributed by atoms with Crippen molar-refractivity contribution in [2.24, 2.45) is 0 Å². The normalized spacial score (nSPS) is 13.3. The Morgan fingerprint density at radius 1 is 0.971 bits per heavy atom. The first-order valence-corrected chi connectivity index (χ1v) is 11.0. The molecule has 1 aliphatic heterocycles. The van der Waals surface area contributed by atoms with Crippen LogP contribution < -0.4 is 14.8 Å². The zero-order chi connectivity index (χ0) is 23.1. The summed E-state index contributed by atoms with van der Waals surface area (Å²) in [6, 6.07) is 24.6. The van der Waals surface area contributed by atoms with Crippen molar-refractivity contribution in [1.29, 1.82) is 0 Å². The summed E-state index contributed by atoms with van der Waals surface area (Å²) in [5.41, 5.74) is 4.24.